The first-order chi connectivity index (χ1) is 7.09. The molecule has 0 fully saturated rings. The SMILES string of the molecule is CN(C)Cc1cn(C)c2cccc(O)c12. The van der Waals surface area contributed by atoms with Crippen LogP contribution in [-0.2, 0) is 13.6 Å². The lowest BCUT2D eigenvalue weighted by Gasteiger charge is -2.08. The average Bonchev–Trinajstić information content (AvgIpc) is 2.44. The second-order valence-corrected chi connectivity index (χ2v) is 4.17. The molecule has 1 heterocycles. The van der Waals surface area contributed by atoms with Gasteiger partial charge in [0.15, 0.2) is 0 Å². The Morgan fingerprint density at radius 2 is 2.07 bits per heavy atom. The monoisotopic (exact) mass is 204 g/mol. The summed E-state index contributed by atoms with van der Waals surface area (Å²) in [7, 11) is 6.05. The van der Waals surface area contributed by atoms with Crippen LogP contribution in [0.25, 0.3) is 10.9 Å². The van der Waals surface area contributed by atoms with Gasteiger partial charge >= 0.3 is 0 Å². The molecular formula is C12H16N2O. The highest BCUT2D eigenvalue weighted by Crippen LogP contribution is 2.29. The van der Waals surface area contributed by atoms with Crippen molar-refractivity contribution in [3.8, 4) is 5.75 Å². The molecule has 0 atom stereocenters. The topological polar surface area (TPSA) is 28.4 Å². The molecule has 0 saturated heterocycles. The van der Waals surface area contributed by atoms with Crippen LogP contribution < -0.4 is 0 Å². The standard InChI is InChI=1S/C12H16N2O/c1-13(2)7-9-8-14(3)10-5-4-6-11(15)12(9)10/h4-6,8,15H,7H2,1-3H3. The number of aromatic hydroxyl groups is 1. The van der Waals surface area contributed by atoms with Crippen molar-refractivity contribution >= 4 is 10.9 Å². The van der Waals surface area contributed by atoms with Gasteiger partial charge in [-0.25, -0.2) is 0 Å². The minimum atomic E-state index is 0.366. The lowest BCUT2D eigenvalue weighted by Crippen LogP contribution is -2.10. The van der Waals surface area contributed by atoms with E-state index in [-0.39, 0.29) is 0 Å². The van der Waals surface area contributed by atoms with Gasteiger partial charge in [0.25, 0.3) is 0 Å². The summed E-state index contributed by atoms with van der Waals surface area (Å²) in [5.74, 6) is 0.366. The van der Waals surface area contributed by atoms with Crippen molar-refractivity contribution in [1.82, 2.24) is 9.47 Å². The molecule has 80 valence electrons. The average molecular weight is 204 g/mol. The number of aryl methyl sites for hydroxylation is 1. The van der Waals surface area contributed by atoms with Gasteiger partial charge in [0.2, 0.25) is 0 Å². The predicted octanol–water partition coefficient (Wildman–Crippen LogP) is 1.95. The van der Waals surface area contributed by atoms with Gasteiger partial charge < -0.3 is 14.6 Å². The molecule has 3 heteroatoms. The fourth-order valence-corrected chi connectivity index (χ4v) is 1.98. The Labute approximate surface area is 89.5 Å². The van der Waals surface area contributed by atoms with Gasteiger partial charge in [0.1, 0.15) is 5.75 Å². The molecule has 0 aliphatic heterocycles. The molecule has 0 saturated carbocycles. The maximum atomic E-state index is 9.85. The Morgan fingerprint density at radius 3 is 2.73 bits per heavy atom. The van der Waals surface area contributed by atoms with Gasteiger partial charge in [0, 0.05) is 25.2 Å². The molecule has 15 heavy (non-hydrogen) atoms. The summed E-state index contributed by atoms with van der Waals surface area (Å²) in [6.07, 6.45) is 2.07. The van der Waals surface area contributed by atoms with E-state index in [1.165, 1.54) is 0 Å². The molecule has 2 rings (SSSR count). The minimum absolute atomic E-state index is 0.366. The number of hydrogen-bond acceptors (Lipinski definition) is 2. The van der Waals surface area contributed by atoms with Crippen molar-refractivity contribution < 1.29 is 5.11 Å². The van der Waals surface area contributed by atoms with E-state index in [0.717, 1.165) is 23.0 Å². The molecular weight excluding hydrogens is 188 g/mol. The van der Waals surface area contributed by atoms with Crippen LogP contribution in [0, 0.1) is 0 Å². The smallest absolute Gasteiger partial charge is 0.125 e. The van der Waals surface area contributed by atoms with E-state index in [2.05, 4.69) is 11.1 Å². The fraction of sp³-hybridized carbons (Fsp3) is 0.333. The van der Waals surface area contributed by atoms with Crippen LogP contribution >= 0.6 is 0 Å². The minimum Gasteiger partial charge on any atom is -0.507 e. The van der Waals surface area contributed by atoms with Crippen LogP contribution in [-0.4, -0.2) is 28.7 Å². The van der Waals surface area contributed by atoms with Crippen LogP contribution in [0.2, 0.25) is 0 Å². The van der Waals surface area contributed by atoms with Gasteiger partial charge in [-0.3, -0.25) is 0 Å². The number of benzene rings is 1. The zero-order valence-corrected chi connectivity index (χ0v) is 9.36. The number of aromatic nitrogens is 1. The Kier molecular flexibility index (Phi) is 2.40. The van der Waals surface area contributed by atoms with E-state index < -0.39 is 0 Å². The predicted molar refractivity (Wildman–Crippen MR) is 62.0 cm³/mol. The quantitative estimate of drug-likeness (QED) is 0.809. The highest BCUT2D eigenvalue weighted by molar-refractivity contribution is 5.89. The van der Waals surface area contributed by atoms with E-state index in [0.29, 0.717) is 5.75 Å². The molecule has 2 aromatic rings. The van der Waals surface area contributed by atoms with Crippen LogP contribution in [0.4, 0.5) is 0 Å². The Bertz CT molecular complexity index is 486. The highest BCUT2D eigenvalue weighted by atomic mass is 16.3. The summed E-state index contributed by atoms with van der Waals surface area (Å²) in [4.78, 5) is 2.10. The molecule has 1 aromatic heterocycles. The first kappa shape index (κ1) is 10.1. The van der Waals surface area contributed by atoms with Crippen molar-refractivity contribution in [2.75, 3.05) is 14.1 Å². The Morgan fingerprint density at radius 1 is 1.33 bits per heavy atom. The molecule has 0 radical (unpaired) electrons. The largest absolute Gasteiger partial charge is 0.507 e. The van der Waals surface area contributed by atoms with Crippen molar-refractivity contribution in [3.05, 3.63) is 30.0 Å². The van der Waals surface area contributed by atoms with Crippen molar-refractivity contribution in [3.63, 3.8) is 0 Å². The Hall–Kier alpha value is -1.48. The molecule has 0 unspecified atom stereocenters. The van der Waals surface area contributed by atoms with Crippen molar-refractivity contribution in [1.29, 1.82) is 0 Å². The zero-order chi connectivity index (χ0) is 11.0. The van der Waals surface area contributed by atoms with Gasteiger partial charge in [-0.2, -0.15) is 0 Å². The molecule has 0 spiro atoms. The fourth-order valence-electron chi connectivity index (χ4n) is 1.98. The van der Waals surface area contributed by atoms with Crippen molar-refractivity contribution in [2.24, 2.45) is 7.05 Å². The molecule has 0 bridgehead atoms. The van der Waals surface area contributed by atoms with Crippen molar-refractivity contribution in [2.45, 2.75) is 6.54 Å². The number of hydrogen-bond donors (Lipinski definition) is 1. The van der Waals surface area contributed by atoms with Gasteiger partial charge in [-0.15, -0.1) is 0 Å². The molecule has 1 aromatic carbocycles. The summed E-state index contributed by atoms with van der Waals surface area (Å²) >= 11 is 0. The third-order valence-corrected chi connectivity index (χ3v) is 2.56. The molecule has 3 nitrogen and oxygen atoms in total. The number of phenols is 1. The van der Waals surface area contributed by atoms with Gasteiger partial charge in [0.05, 0.1) is 5.52 Å². The highest BCUT2D eigenvalue weighted by Gasteiger charge is 2.10. The number of phenolic OH excluding ortho intramolecular Hbond substituents is 1. The summed E-state index contributed by atoms with van der Waals surface area (Å²) in [6, 6.07) is 5.63. The van der Waals surface area contributed by atoms with Crippen LogP contribution in [0.5, 0.6) is 5.75 Å². The van der Waals surface area contributed by atoms with Crippen LogP contribution in [0.15, 0.2) is 24.4 Å². The normalized spacial score (nSPS) is 11.5. The summed E-state index contributed by atoms with van der Waals surface area (Å²) in [5.41, 5.74) is 2.24. The number of rotatable bonds is 2. The van der Waals surface area contributed by atoms with Crippen LogP contribution in [0.1, 0.15) is 5.56 Å². The number of fused-ring (bicyclic) bond motifs is 1. The molecule has 0 aliphatic carbocycles. The lowest BCUT2D eigenvalue weighted by molar-refractivity contribution is 0.403. The van der Waals surface area contributed by atoms with E-state index in [4.69, 9.17) is 0 Å². The van der Waals surface area contributed by atoms with Gasteiger partial charge in [-0.1, -0.05) is 6.07 Å². The van der Waals surface area contributed by atoms with E-state index in [9.17, 15) is 5.11 Å². The molecule has 1 N–H and O–H groups in total. The van der Waals surface area contributed by atoms with E-state index >= 15 is 0 Å². The van der Waals surface area contributed by atoms with Gasteiger partial charge in [-0.05, 0) is 31.8 Å². The first-order valence-electron chi connectivity index (χ1n) is 5.00. The third-order valence-electron chi connectivity index (χ3n) is 2.56. The lowest BCUT2D eigenvalue weighted by atomic mass is 10.1. The Balaban J connectivity index is 2.65. The molecule has 0 aliphatic rings. The van der Waals surface area contributed by atoms with Crippen LogP contribution in [0.3, 0.4) is 0 Å². The maximum absolute atomic E-state index is 9.85. The number of nitrogens with zero attached hydrogens (tertiary/aromatic N) is 2. The molecule has 0 amide bonds. The van der Waals surface area contributed by atoms with E-state index in [1.807, 2.05) is 37.8 Å². The maximum Gasteiger partial charge on any atom is 0.125 e. The zero-order valence-electron chi connectivity index (χ0n) is 9.36. The second-order valence-electron chi connectivity index (χ2n) is 4.17. The summed E-state index contributed by atoms with van der Waals surface area (Å²) < 4.78 is 2.05. The first-order valence-corrected chi connectivity index (χ1v) is 5.00. The summed E-state index contributed by atoms with van der Waals surface area (Å²) in [6.45, 7) is 0.842. The van der Waals surface area contributed by atoms with E-state index in [1.54, 1.807) is 6.07 Å². The third kappa shape index (κ3) is 1.70. The summed E-state index contributed by atoms with van der Waals surface area (Å²) in [5, 5.41) is 10.8. The second kappa shape index (κ2) is 3.59.